The maximum Gasteiger partial charge on any atom is 0.179 e. The van der Waals surface area contributed by atoms with E-state index in [0.29, 0.717) is 39.8 Å². The Balaban J connectivity index is 1.90. The maximum atomic E-state index is 9.51. The highest BCUT2D eigenvalue weighted by molar-refractivity contribution is 6.00. The zero-order chi connectivity index (χ0) is 22.4. The summed E-state index contributed by atoms with van der Waals surface area (Å²) in [7, 11) is 3.48. The summed E-state index contributed by atoms with van der Waals surface area (Å²) in [6.07, 6.45) is 0. The first-order chi connectivity index (χ1) is 15.6. The Bertz CT molecular complexity index is 1600. The predicted octanol–water partition coefficient (Wildman–Crippen LogP) is 3.31. The van der Waals surface area contributed by atoms with Crippen LogP contribution in [-0.2, 0) is 7.05 Å². The minimum absolute atomic E-state index is 0.0631. The van der Waals surface area contributed by atoms with Crippen molar-refractivity contribution in [3.8, 4) is 35.0 Å². The molecule has 0 saturated carbocycles. The number of anilines is 1. The van der Waals surface area contributed by atoms with Gasteiger partial charge in [-0.05, 0) is 36.4 Å². The number of hydrogen-bond acceptors (Lipinski definition) is 7. The third kappa shape index (κ3) is 2.66. The molecule has 154 valence electrons. The lowest BCUT2D eigenvalue weighted by Gasteiger charge is -2.09. The normalized spacial score (nSPS) is 10.9. The lowest BCUT2D eigenvalue weighted by molar-refractivity contribution is 0.415. The van der Waals surface area contributed by atoms with E-state index >= 15 is 0 Å². The molecule has 9 nitrogen and oxygen atoms in total. The van der Waals surface area contributed by atoms with Crippen LogP contribution in [0.4, 0.5) is 5.82 Å². The van der Waals surface area contributed by atoms with E-state index in [0.717, 1.165) is 11.0 Å². The molecule has 0 bridgehead atoms. The number of nitrogen functional groups attached to an aromatic ring is 1. The van der Waals surface area contributed by atoms with Crippen molar-refractivity contribution in [2.24, 2.45) is 7.05 Å². The molecule has 0 aliphatic carbocycles. The second kappa shape index (κ2) is 7.11. The molecule has 3 heterocycles. The van der Waals surface area contributed by atoms with Gasteiger partial charge in [-0.25, -0.2) is 15.0 Å². The Morgan fingerprint density at radius 1 is 0.938 bits per heavy atom. The van der Waals surface area contributed by atoms with Crippen LogP contribution in [0.3, 0.4) is 0 Å². The van der Waals surface area contributed by atoms with Gasteiger partial charge in [-0.15, -0.1) is 0 Å². The molecule has 0 unspecified atom stereocenters. The number of aromatic nitrogens is 5. The highest BCUT2D eigenvalue weighted by atomic mass is 16.5. The SMILES string of the molecule is COc1ccc(-n2c(N)c(-c3nc4ccccc4n3C)c3nc(C#N)c(C#N)nc32)cc1. The number of fused-ring (bicyclic) bond motifs is 2. The number of hydrogen-bond donors (Lipinski definition) is 1. The van der Waals surface area contributed by atoms with Crippen LogP contribution >= 0.6 is 0 Å². The fourth-order valence-electron chi connectivity index (χ4n) is 3.84. The summed E-state index contributed by atoms with van der Waals surface area (Å²) in [5.74, 6) is 1.63. The minimum atomic E-state index is -0.0659. The highest BCUT2D eigenvalue weighted by Gasteiger charge is 2.26. The number of methoxy groups -OCH3 is 1. The largest absolute Gasteiger partial charge is 0.497 e. The van der Waals surface area contributed by atoms with Gasteiger partial charge in [0.15, 0.2) is 17.0 Å². The van der Waals surface area contributed by atoms with Crippen LogP contribution in [0.5, 0.6) is 5.75 Å². The van der Waals surface area contributed by atoms with Gasteiger partial charge in [0, 0.05) is 12.7 Å². The number of para-hydroxylation sites is 2. The molecule has 0 saturated heterocycles. The first-order valence-corrected chi connectivity index (χ1v) is 9.65. The Morgan fingerprint density at radius 2 is 1.62 bits per heavy atom. The van der Waals surface area contributed by atoms with Crippen LogP contribution in [0.1, 0.15) is 11.4 Å². The first-order valence-electron chi connectivity index (χ1n) is 9.65. The molecule has 9 heteroatoms. The van der Waals surface area contributed by atoms with Crippen molar-refractivity contribution in [3.63, 3.8) is 0 Å². The van der Waals surface area contributed by atoms with Gasteiger partial charge >= 0.3 is 0 Å². The summed E-state index contributed by atoms with van der Waals surface area (Å²) in [6, 6.07) is 18.9. The van der Waals surface area contributed by atoms with Gasteiger partial charge in [-0.3, -0.25) is 4.57 Å². The first kappa shape index (κ1) is 19.1. The van der Waals surface area contributed by atoms with Crippen LogP contribution < -0.4 is 10.5 Å². The molecule has 0 aliphatic rings. The Labute approximate surface area is 182 Å². The van der Waals surface area contributed by atoms with Gasteiger partial charge in [0.1, 0.15) is 35.0 Å². The lowest BCUT2D eigenvalue weighted by Crippen LogP contribution is -2.03. The fourth-order valence-corrected chi connectivity index (χ4v) is 3.84. The van der Waals surface area contributed by atoms with Crippen LogP contribution in [0.15, 0.2) is 48.5 Å². The average Bonchev–Trinajstić information content (AvgIpc) is 3.30. The van der Waals surface area contributed by atoms with Crippen LogP contribution in [0, 0.1) is 22.7 Å². The van der Waals surface area contributed by atoms with Crippen molar-refractivity contribution in [2.45, 2.75) is 0 Å². The van der Waals surface area contributed by atoms with E-state index in [4.69, 9.17) is 15.5 Å². The second-order valence-electron chi connectivity index (χ2n) is 7.09. The molecule has 0 atom stereocenters. The standard InChI is InChI=1S/C23H16N8O/c1-30-18-6-4-3-5-15(18)28-22(30)19-20-23(29-17(12-25)16(11-24)27-20)31(21(19)26)13-7-9-14(32-2)10-8-13/h3-10H,26H2,1-2H3. The van der Waals surface area contributed by atoms with Crippen LogP contribution in [0.2, 0.25) is 0 Å². The third-order valence-electron chi connectivity index (χ3n) is 5.38. The zero-order valence-electron chi connectivity index (χ0n) is 17.2. The molecular formula is C23H16N8O. The van der Waals surface area contributed by atoms with E-state index in [1.54, 1.807) is 23.8 Å². The summed E-state index contributed by atoms with van der Waals surface area (Å²) in [5, 5.41) is 19.0. The van der Waals surface area contributed by atoms with E-state index in [2.05, 4.69) is 9.97 Å². The lowest BCUT2D eigenvalue weighted by atomic mass is 10.2. The number of aryl methyl sites for hydroxylation is 1. The topological polar surface area (TPSA) is 131 Å². The molecule has 5 rings (SSSR count). The molecule has 5 aromatic rings. The summed E-state index contributed by atoms with van der Waals surface area (Å²) in [4.78, 5) is 13.7. The van der Waals surface area contributed by atoms with Crippen molar-refractivity contribution in [2.75, 3.05) is 12.8 Å². The highest BCUT2D eigenvalue weighted by Crippen LogP contribution is 2.38. The molecular weight excluding hydrogens is 404 g/mol. The van der Waals surface area contributed by atoms with Gasteiger partial charge in [-0.1, -0.05) is 12.1 Å². The van der Waals surface area contributed by atoms with E-state index in [-0.39, 0.29) is 11.4 Å². The minimum Gasteiger partial charge on any atom is -0.497 e. The van der Waals surface area contributed by atoms with Crippen molar-refractivity contribution >= 4 is 28.0 Å². The van der Waals surface area contributed by atoms with E-state index < -0.39 is 0 Å². The van der Waals surface area contributed by atoms with Gasteiger partial charge < -0.3 is 15.0 Å². The van der Waals surface area contributed by atoms with E-state index in [9.17, 15) is 10.5 Å². The molecule has 0 fully saturated rings. The van der Waals surface area contributed by atoms with Gasteiger partial charge in [0.25, 0.3) is 0 Å². The Morgan fingerprint density at radius 3 is 2.28 bits per heavy atom. The van der Waals surface area contributed by atoms with E-state index in [1.807, 2.05) is 60.2 Å². The summed E-state index contributed by atoms with van der Waals surface area (Å²) in [6.45, 7) is 0. The number of nitrogens with two attached hydrogens (primary N) is 1. The zero-order valence-corrected chi connectivity index (χ0v) is 17.2. The number of rotatable bonds is 3. The van der Waals surface area contributed by atoms with Crippen molar-refractivity contribution < 1.29 is 4.74 Å². The smallest absolute Gasteiger partial charge is 0.179 e. The van der Waals surface area contributed by atoms with Crippen molar-refractivity contribution in [1.29, 1.82) is 10.5 Å². The van der Waals surface area contributed by atoms with E-state index in [1.165, 1.54) is 0 Å². The molecule has 2 N–H and O–H groups in total. The molecule has 0 aliphatic heterocycles. The quantitative estimate of drug-likeness (QED) is 0.473. The fraction of sp³-hybridized carbons (Fsp3) is 0.0870. The number of benzene rings is 2. The van der Waals surface area contributed by atoms with Gasteiger partial charge in [0.05, 0.1) is 23.7 Å². The summed E-state index contributed by atoms with van der Waals surface area (Å²) >= 11 is 0. The van der Waals surface area contributed by atoms with Gasteiger partial charge in [0.2, 0.25) is 0 Å². The Kier molecular flexibility index (Phi) is 4.24. The number of nitrogens with zero attached hydrogens (tertiary/aromatic N) is 7. The third-order valence-corrected chi connectivity index (χ3v) is 5.38. The second-order valence-corrected chi connectivity index (χ2v) is 7.09. The van der Waals surface area contributed by atoms with Crippen molar-refractivity contribution in [3.05, 3.63) is 59.9 Å². The summed E-state index contributed by atoms with van der Waals surface area (Å²) in [5.41, 5.74) is 10.3. The monoisotopic (exact) mass is 420 g/mol. The predicted molar refractivity (Wildman–Crippen MR) is 119 cm³/mol. The summed E-state index contributed by atoms with van der Waals surface area (Å²) < 4.78 is 8.88. The van der Waals surface area contributed by atoms with Crippen LogP contribution in [0.25, 0.3) is 39.3 Å². The average molecular weight is 420 g/mol. The number of nitriles is 2. The van der Waals surface area contributed by atoms with Crippen LogP contribution in [-0.4, -0.2) is 31.2 Å². The Hall–Kier alpha value is -4.89. The number of imidazole rings is 1. The van der Waals surface area contributed by atoms with Crippen molar-refractivity contribution in [1.82, 2.24) is 24.1 Å². The molecule has 0 spiro atoms. The molecule has 2 aromatic carbocycles. The maximum absolute atomic E-state index is 9.51. The molecule has 0 amide bonds. The number of ether oxygens (including phenoxy) is 1. The molecule has 0 radical (unpaired) electrons. The van der Waals surface area contributed by atoms with Gasteiger partial charge in [-0.2, -0.15) is 10.5 Å². The molecule has 3 aromatic heterocycles. The molecule has 32 heavy (non-hydrogen) atoms.